The number of rotatable bonds is 5. The number of nitrogens with two attached hydrogens (primary N) is 1. The number of carboxylic acid groups (broad SMARTS) is 1. The van der Waals surface area contributed by atoms with Crippen LogP contribution in [-0.2, 0) is 6.42 Å². The zero-order chi connectivity index (χ0) is 16.3. The molecule has 0 radical (unpaired) electrons. The van der Waals surface area contributed by atoms with Crippen molar-refractivity contribution < 1.29 is 14.8 Å². The first-order valence-corrected chi connectivity index (χ1v) is 6.60. The van der Waals surface area contributed by atoms with Crippen LogP contribution in [0, 0.1) is 10.1 Å². The van der Waals surface area contributed by atoms with Gasteiger partial charge in [0, 0.05) is 17.8 Å². The lowest BCUT2D eigenvalue weighted by molar-refractivity contribution is -0.384. The van der Waals surface area contributed by atoms with Crippen molar-refractivity contribution in [2.24, 2.45) is 0 Å². The minimum Gasteiger partial charge on any atom is -0.478 e. The van der Waals surface area contributed by atoms with Gasteiger partial charge in [0.2, 0.25) is 0 Å². The Bertz CT molecular complexity index is 744. The lowest BCUT2D eigenvalue weighted by atomic mass is 10.0. The SMILES string of the molecule is CCc1c(Nc2ccc([N+](=O)[O-])cc2N)cccc1C(=O)O. The van der Waals surface area contributed by atoms with Crippen LogP contribution in [0.3, 0.4) is 0 Å². The van der Waals surface area contributed by atoms with Crippen molar-refractivity contribution >= 4 is 28.7 Å². The van der Waals surface area contributed by atoms with Crippen LogP contribution in [0.1, 0.15) is 22.8 Å². The molecule has 0 amide bonds. The Morgan fingerprint density at radius 2 is 2.05 bits per heavy atom. The first-order chi connectivity index (χ1) is 10.4. The Kier molecular flexibility index (Phi) is 4.26. The fourth-order valence-electron chi connectivity index (χ4n) is 2.21. The van der Waals surface area contributed by atoms with E-state index in [-0.39, 0.29) is 16.9 Å². The summed E-state index contributed by atoms with van der Waals surface area (Å²) in [5.74, 6) is -1.00. The van der Waals surface area contributed by atoms with Crippen molar-refractivity contribution in [3.63, 3.8) is 0 Å². The number of anilines is 3. The third kappa shape index (κ3) is 2.98. The molecule has 0 aliphatic rings. The molecule has 0 saturated carbocycles. The van der Waals surface area contributed by atoms with E-state index in [2.05, 4.69) is 5.32 Å². The first kappa shape index (κ1) is 15.3. The van der Waals surface area contributed by atoms with Crippen LogP contribution in [-0.4, -0.2) is 16.0 Å². The van der Waals surface area contributed by atoms with E-state index in [9.17, 15) is 20.0 Å². The average Bonchev–Trinajstić information content (AvgIpc) is 2.48. The molecule has 0 heterocycles. The van der Waals surface area contributed by atoms with E-state index in [1.165, 1.54) is 24.3 Å². The largest absolute Gasteiger partial charge is 0.478 e. The molecule has 4 N–H and O–H groups in total. The van der Waals surface area contributed by atoms with Crippen LogP contribution in [0.15, 0.2) is 36.4 Å². The Morgan fingerprint density at radius 3 is 2.59 bits per heavy atom. The van der Waals surface area contributed by atoms with Gasteiger partial charge >= 0.3 is 5.97 Å². The lowest BCUT2D eigenvalue weighted by Crippen LogP contribution is -2.06. The molecule has 0 spiro atoms. The van der Waals surface area contributed by atoms with Crippen LogP contribution < -0.4 is 11.1 Å². The van der Waals surface area contributed by atoms with Gasteiger partial charge in [0.05, 0.1) is 21.9 Å². The fraction of sp³-hybridized carbons (Fsp3) is 0.133. The lowest BCUT2D eigenvalue weighted by Gasteiger charge is -2.14. The molecule has 0 atom stereocenters. The zero-order valence-electron chi connectivity index (χ0n) is 11.9. The number of nitro groups is 1. The number of benzene rings is 2. The molecule has 0 aliphatic carbocycles. The maximum atomic E-state index is 11.2. The Hall–Kier alpha value is -3.09. The summed E-state index contributed by atoms with van der Waals surface area (Å²) in [5.41, 5.74) is 7.90. The number of non-ortho nitro benzene ring substituents is 1. The third-order valence-corrected chi connectivity index (χ3v) is 3.28. The van der Waals surface area contributed by atoms with E-state index in [0.717, 1.165) is 0 Å². The van der Waals surface area contributed by atoms with Gasteiger partial charge in [-0.1, -0.05) is 13.0 Å². The summed E-state index contributed by atoms with van der Waals surface area (Å²) >= 11 is 0. The fourth-order valence-corrected chi connectivity index (χ4v) is 2.21. The predicted molar refractivity (Wildman–Crippen MR) is 83.6 cm³/mol. The molecule has 2 aromatic rings. The molecule has 22 heavy (non-hydrogen) atoms. The van der Waals surface area contributed by atoms with E-state index in [4.69, 9.17) is 5.73 Å². The number of aromatic carboxylic acids is 1. The number of nitrogens with one attached hydrogen (secondary N) is 1. The third-order valence-electron chi connectivity index (χ3n) is 3.28. The second kappa shape index (κ2) is 6.13. The van der Waals surface area contributed by atoms with Crippen LogP contribution in [0.25, 0.3) is 0 Å². The van der Waals surface area contributed by atoms with Gasteiger partial charge in [-0.3, -0.25) is 10.1 Å². The van der Waals surface area contributed by atoms with Crippen molar-refractivity contribution in [2.45, 2.75) is 13.3 Å². The quantitative estimate of drug-likeness (QED) is 0.443. The van der Waals surface area contributed by atoms with Gasteiger partial charge in [-0.05, 0) is 30.2 Å². The van der Waals surface area contributed by atoms with Crippen molar-refractivity contribution in [3.05, 3.63) is 57.6 Å². The molecule has 114 valence electrons. The van der Waals surface area contributed by atoms with Crippen LogP contribution in [0.4, 0.5) is 22.7 Å². The van der Waals surface area contributed by atoms with Crippen molar-refractivity contribution in [1.82, 2.24) is 0 Å². The highest BCUT2D eigenvalue weighted by Gasteiger charge is 2.14. The van der Waals surface area contributed by atoms with Gasteiger partial charge in [-0.15, -0.1) is 0 Å². The molecule has 0 saturated heterocycles. The summed E-state index contributed by atoms with van der Waals surface area (Å²) in [6.45, 7) is 1.85. The number of carboxylic acids is 1. The number of hydrogen-bond donors (Lipinski definition) is 3. The van der Waals surface area contributed by atoms with Crippen LogP contribution >= 0.6 is 0 Å². The average molecular weight is 301 g/mol. The zero-order valence-corrected chi connectivity index (χ0v) is 11.9. The molecular formula is C15H15N3O4. The van der Waals surface area contributed by atoms with Gasteiger partial charge in [0.25, 0.3) is 5.69 Å². The van der Waals surface area contributed by atoms with E-state index in [0.29, 0.717) is 23.4 Å². The van der Waals surface area contributed by atoms with Crippen molar-refractivity contribution in [1.29, 1.82) is 0 Å². The number of nitrogens with zero attached hydrogens (tertiary/aromatic N) is 1. The Balaban J connectivity index is 2.41. The molecule has 0 unspecified atom stereocenters. The Morgan fingerprint density at radius 1 is 1.32 bits per heavy atom. The normalized spacial score (nSPS) is 10.2. The first-order valence-electron chi connectivity index (χ1n) is 6.60. The summed E-state index contributed by atoms with van der Waals surface area (Å²) in [6.07, 6.45) is 0.525. The second-order valence-electron chi connectivity index (χ2n) is 4.64. The summed E-state index contributed by atoms with van der Waals surface area (Å²) in [5, 5.41) is 23.0. The monoisotopic (exact) mass is 301 g/mol. The van der Waals surface area contributed by atoms with Gasteiger partial charge in [0.15, 0.2) is 0 Å². The minimum absolute atomic E-state index is 0.0990. The highest BCUT2D eigenvalue weighted by Crippen LogP contribution is 2.30. The topological polar surface area (TPSA) is 118 Å². The van der Waals surface area contributed by atoms with Crippen molar-refractivity contribution in [3.8, 4) is 0 Å². The molecule has 2 rings (SSSR count). The van der Waals surface area contributed by atoms with E-state index in [1.54, 1.807) is 12.1 Å². The number of carbonyl (C=O) groups is 1. The van der Waals surface area contributed by atoms with Crippen LogP contribution in [0.2, 0.25) is 0 Å². The van der Waals surface area contributed by atoms with E-state index >= 15 is 0 Å². The molecule has 2 aromatic carbocycles. The van der Waals surface area contributed by atoms with Gasteiger partial charge < -0.3 is 16.2 Å². The standard InChI is InChI=1S/C15H15N3O4/c1-2-10-11(15(19)20)4-3-5-13(10)17-14-7-6-9(18(21)22)8-12(14)16/h3-8,17H,2,16H2,1H3,(H,19,20). The molecule has 0 bridgehead atoms. The summed E-state index contributed by atoms with van der Waals surface area (Å²) in [4.78, 5) is 21.4. The van der Waals surface area contributed by atoms with Crippen molar-refractivity contribution in [2.75, 3.05) is 11.1 Å². The summed E-state index contributed by atoms with van der Waals surface area (Å²) in [6, 6.07) is 9.00. The maximum absolute atomic E-state index is 11.2. The van der Waals surface area contributed by atoms with Gasteiger partial charge in [0.1, 0.15) is 0 Å². The Labute approximate surface area is 126 Å². The van der Waals surface area contributed by atoms with Gasteiger partial charge in [-0.25, -0.2) is 4.79 Å². The molecule has 7 nitrogen and oxygen atoms in total. The highest BCUT2D eigenvalue weighted by atomic mass is 16.6. The molecular weight excluding hydrogens is 286 g/mol. The smallest absolute Gasteiger partial charge is 0.336 e. The predicted octanol–water partition coefficient (Wildman–Crippen LogP) is 3.18. The number of nitro benzene ring substituents is 1. The molecule has 0 aliphatic heterocycles. The van der Waals surface area contributed by atoms with Gasteiger partial charge in [-0.2, -0.15) is 0 Å². The maximum Gasteiger partial charge on any atom is 0.336 e. The molecule has 0 fully saturated rings. The molecule has 7 heteroatoms. The summed E-state index contributed by atoms with van der Waals surface area (Å²) < 4.78 is 0. The van der Waals surface area contributed by atoms with Crippen LogP contribution in [0.5, 0.6) is 0 Å². The number of hydrogen-bond acceptors (Lipinski definition) is 5. The molecule has 0 aromatic heterocycles. The summed E-state index contributed by atoms with van der Waals surface area (Å²) in [7, 11) is 0. The van der Waals surface area contributed by atoms with E-state index < -0.39 is 10.9 Å². The minimum atomic E-state index is -1.00. The highest BCUT2D eigenvalue weighted by molar-refractivity contribution is 5.92. The van der Waals surface area contributed by atoms with E-state index in [1.807, 2.05) is 6.92 Å². The second-order valence-corrected chi connectivity index (χ2v) is 4.64. The number of nitrogen functional groups attached to an aromatic ring is 1.